The van der Waals surface area contributed by atoms with Crippen molar-refractivity contribution in [1.82, 2.24) is 5.32 Å². The predicted molar refractivity (Wildman–Crippen MR) is 103 cm³/mol. The van der Waals surface area contributed by atoms with Crippen molar-refractivity contribution >= 4 is 51.1 Å². The van der Waals surface area contributed by atoms with E-state index < -0.39 is 12.6 Å². The van der Waals surface area contributed by atoms with Gasteiger partial charge in [0.25, 0.3) is 5.91 Å². The highest BCUT2D eigenvalue weighted by molar-refractivity contribution is 14.1. The van der Waals surface area contributed by atoms with Crippen LogP contribution >= 0.6 is 45.2 Å². The fourth-order valence-corrected chi connectivity index (χ4v) is 3.40. The van der Waals surface area contributed by atoms with Gasteiger partial charge in [-0.2, -0.15) is 13.2 Å². The highest BCUT2D eigenvalue weighted by Crippen LogP contribution is 2.28. The fourth-order valence-electron chi connectivity index (χ4n) is 2.10. The first-order chi connectivity index (χ1) is 10.8. The standard InChI is InChI=1S/C16H20F3I2NO/c17-16(18,19)11-14(21)5-3-1-2-4-10-22-15(23)12-6-8-13(20)9-7-12/h6-9,14H,1-5,10-11H2,(H,22,23). The molecule has 1 N–H and O–H groups in total. The van der Waals surface area contributed by atoms with Gasteiger partial charge in [0.15, 0.2) is 0 Å². The Morgan fingerprint density at radius 1 is 1.09 bits per heavy atom. The van der Waals surface area contributed by atoms with Crippen LogP contribution in [0.25, 0.3) is 0 Å². The van der Waals surface area contributed by atoms with Gasteiger partial charge >= 0.3 is 6.18 Å². The summed E-state index contributed by atoms with van der Waals surface area (Å²) in [6.45, 7) is 0.598. The molecule has 0 radical (unpaired) electrons. The second kappa shape index (κ2) is 10.7. The number of halogens is 5. The number of hydrogen-bond acceptors (Lipinski definition) is 1. The summed E-state index contributed by atoms with van der Waals surface area (Å²) in [4.78, 5) is 11.8. The number of nitrogens with one attached hydrogen (secondary N) is 1. The Hall–Kier alpha value is -0.0600. The Kier molecular flexibility index (Phi) is 9.79. The number of benzene rings is 1. The first-order valence-electron chi connectivity index (χ1n) is 7.52. The number of rotatable bonds is 9. The molecule has 1 amide bonds. The van der Waals surface area contributed by atoms with Crippen LogP contribution in [0.4, 0.5) is 13.2 Å². The van der Waals surface area contributed by atoms with E-state index in [0.717, 1.165) is 29.3 Å². The molecule has 0 heterocycles. The third-order valence-electron chi connectivity index (χ3n) is 3.29. The molecular weight excluding hydrogens is 533 g/mol. The molecule has 0 aliphatic carbocycles. The van der Waals surface area contributed by atoms with E-state index in [1.807, 2.05) is 34.7 Å². The van der Waals surface area contributed by atoms with Crippen molar-refractivity contribution in [3.63, 3.8) is 0 Å². The molecule has 0 fully saturated rings. The normalized spacial score (nSPS) is 12.9. The van der Waals surface area contributed by atoms with E-state index in [4.69, 9.17) is 0 Å². The van der Waals surface area contributed by atoms with Crippen LogP contribution in [0, 0.1) is 3.57 Å². The van der Waals surface area contributed by atoms with E-state index in [-0.39, 0.29) is 9.83 Å². The summed E-state index contributed by atoms with van der Waals surface area (Å²) in [7, 11) is 0. The molecule has 0 aliphatic rings. The third-order valence-corrected chi connectivity index (χ3v) is 5.07. The van der Waals surface area contributed by atoms with Crippen molar-refractivity contribution in [3.05, 3.63) is 33.4 Å². The molecule has 1 rings (SSSR count). The van der Waals surface area contributed by atoms with Crippen LogP contribution in [-0.4, -0.2) is 22.6 Å². The molecule has 1 aromatic carbocycles. The Morgan fingerprint density at radius 3 is 2.30 bits per heavy atom. The molecule has 0 saturated carbocycles. The zero-order valence-electron chi connectivity index (χ0n) is 12.6. The minimum Gasteiger partial charge on any atom is -0.352 e. The Balaban J connectivity index is 2.05. The van der Waals surface area contributed by atoms with E-state index in [2.05, 4.69) is 27.9 Å². The zero-order chi connectivity index (χ0) is 17.3. The lowest BCUT2D eigenvalue weighted by atomic mass is 10.1. The average Bonchev–Trinajstić information content (AvgIpc) is 2.45. The molecule has 23 heavy (non-hydrogen) atoms. The first-order valence-corrected chi connectivity index (χ1v) is 9.85. The van der Waals surface area contributed by atoms with Gasteiger partial charge < -0.3 is 5.32 Å². The molecule has 0 saturated heterocycles. The molecular formula is C16H20F3I2NO. The maximum atomic E-state index is 12.2. The van der Waals surface area contributed by atoms with Gasteiger partial charge in [-0.3, -0.25) is 4.79 Å². The van der Waals surface area contributed by atoms with Gasteiger partial charge in [-0.1, -0.05) is 41.9 Å². The predicted octanol–water partition coefficient (Wildman–Crippen LogP) is 5.73. The largest absolute Gasteiger partial charge is 0.390 e. The lowest BCUT2D eigenvalue weighted by Gasteiger charge is -2.12. The lowest BCUT2D eigenvalue weighted by Crippen LogP contribution is -2.24. The van der Waals surface area contributed by atoms with Gasteiger partial charge in [0.1, 0.15) is 0 Å². The molecule has 1 aromatic rings. The SMILES string of the molecule is O=C(NCCCCCCC(I)CC(F)(F)F)c1ccc(I)cc1. The quantitative estimate of drug-likeness (QED) is 0.237. The summed E-state index contributed by atoms with van der Waals surface area (Å²) in [5.74, 6) is -0.0843. The zero-order valence-corrected chi connectivity index (χ0v) is 16.9. The molecule has 1 unspecified atom stereocenters. The summed E-state index contributed by atoms with van der Waals surface area (Å²) >= 11 is 4.06. The van der Waals surface area contributed by atoms with Crippen LogP contribution in [0.15, 0.2) is 24.3 Å². The fraction of sp³-hybridized carbons (Fsp3) is 0.562. The number of unbranched alkanes of at least 4 members (excludes halogenated alkanes) is 3. The number of carbonyl (C=O) groups excluding carboxylic acids is 1. The molecule has 7 heteroatoms. The average molecular weight is 553 g/mol. The highest BCUT2D eigenvalue weighted by atomic mass is 127. The van der Waals surface area contributed by atoms with Crippen molar-refractivity contribution in [2.24, 2.45) is 0 Å². The van der Waals surface area contributed by atoms with Crippen LogP contribution in [0.2, 0.25) is 0 Å². The third kappa shape index (κ3) is 10.4. The minimum absolute atomic E-state index is 0.0843. The van der Waals surface area contributed by atoms with Crippen molar-refractivity contribution in [2.75, 3.05) is 6.54 Å². The van der Waals surface area contributed by atoms with Crippen LogP contribution in [0.5, 0.6) is 0 Å². The van der Waals surface area contributed by atoms with Crippen LogP contribution in [0.1, 0.15) is 48.9 Å². The van der Waals surface area contributed by atoms with Gasteiger partial charge in [-0.25, -0.2) is 0 Å². The van der Waals surface area contributed by atoms with Gasteiger partial charge in [0.05, 0.1) is 6.42 Å². The van der Waals surface area contributed by atoms with E-state index in [1.165, 1.54) is 0 Å². The van der Waals surface area contributed by atoms with Crippen LogP contribution in [0.3, 0.4) is 0 Å². The summed E-state index contributed by atoms with van der Waals surface area (Å²) in [6, 6.07) is 7.35. The molecule has 0 aromatic heterocycles. The van der Waals surface area contributed by atoms with Crippen LogP contribution in [-0.2, 0) is 0 Å². The Morgan fingerprint density at radius 2 is 1.70 bits per heavy atom. The van der Waals surface area contributed by atoms with E-state index in [1.54, 1.807) is 12.1 Å². The number of hydrogen-bond donors (Lipinski definition) is 1. The maximum Gasteiger partial charge on any atom is 0.390 e. The summed E-state index contributed by atoms with van der Waals surface area (Å²) in [6.07, 6.45) is -0.713. The number of amides is 1. The van der Waals surface area contributed by atoms with E-state index in [0.29, 0.717) is 18.5 Å². The second-order valence-corrected chi connectivity index (χ2v) is 8.39. The van der Waals surface area contributed by atoms with E-state index >= 15 is 0 Å². The summed E-state index contributed by atoms with van der Waals surface area (Å²) < 4.78 is 37.3. The number of alkyl halides is 4. The Labute approximate surface area is 162 Å². The monoisotopic (exact) mass is 553 g/mol. The van der Waals surface area contributed by atoms with Gasteiger partial charge in [-0.05, 0) is 59.7 Å². The van der Waals surface area contributed by atoms with Gasteiger partial charge in [-0.15, -0.1) is 0 Å². The summed E-state index contributed by atoms with van der Waals surface area (Å²) in [5.41, 5.74) is 0.644. The lowest BCUT2D eigenvalue weighted by molar-refractivity contribution is -0.133. The molecule has 0 bridgehead atoms. The van der Waals surface area contributed by atoms with Crippen molar-refractivity contribution in [3.8, 4) is 0 Å². The van der Waals surface area contributed by atoms with Crippen molar-refractivity contribution < 1.29 is 18.0 Å². The molecule has 130 valence electrons. The molecule has 0 aliphatic heterocycles. The minimum atomic E-state index is -4.06. The van der Waals surface area contributed by atoms with Crippen molar-refractivity contribution in [2.45, 2.75) is 48.6 Å². The second-order valence-electron chi connectivity index (χ2n) is 5.38. The molecule has 2 nitrogen and oxygen atoms in total. The highest BCUT2D eigenvalue weighted by Gasteiger charge is 2.30. The molecule has 0 spiro atoms. The summed E-state index contributed by atoms with van der Waals surface area (Å²) in [5, 5.41) is 2.86. The van der Waals surface area contributed by atoms with Gasteiger partial charge in [0, 0.05) is 19.6 Å². The molecule has 1 atom stereocenters. The first kappa shape index (κ1) is 21.0. The van der Waals surface area contributed by atoms with Crippen LogP contribution < -0.4 is 5.32 Å². The number of carbonyl (C=O) groups is 1. The van der Waals surface area contributed by atoms with Crippen molar-refractivity contribution in [1.29, 1.82) is 0 Å². The van der Waals surface area contributed by atoms with E-state index in [9.17, 15) is 18.0 Å². The van der Waals surface area contributed by atoms with Gasteiger partial charge in [0.2, 0.25) is 0 Å². The maximum absolute atomic E-state index is 12.2. The Bertz CT molecular complexity index is 477. The smallest absolute Gasteiger partial charge is 0.352 e. The topological polar surface area (TPSA) is 29.1 Å².